The molecule has 1 saturated heterocycles. The van der Waals surface area contributed by atoms with E-state index in [2.05, 4.69) is 61.1 Å². The molecule has 4 aromatic carbocycles. The number of aromatic nitrogens is 4. The summed E-state index contributed by atoms with van der Waals surface area (Å²) in [6, 6.07) is 15.4. The summed E-state index contributed by atoms with van der Waals surface area (Å²) in [4.78, 5) is 158. The molecule has 2 bridgehead atoms. The second-order valence-electron chi connectivity index (χ2n) is 24.1. The first-order chi connectivity index (χ1) is 45.6. The summed E-state index contributed by atoms with van der Waals surface area (Å²) < 4.78 is 6.26. The lowest BCUT2D eigenvalue weighted by Gasteiger charge is -2.31. The maximum atomic E-state index is 15.4. The molecule has 10 rings (SSSR count). The molecule has 3 aromatic heterocycles. The lowest BCUT2D eigenvalue weighted by molar-refractivity contribution is -0.144. The highest BCUT2D eigenvalue weighted by molar-refractivity contribution is 14.1. The van der Waals surface area contributed by atoms with Gasteiger partial charge in [-0.05, 0) is 129 Å². The molecule has 2 unspecified atom stereocenters. The van der Waals surface area contributed by atoms with Gasteiger partial charge in [-0.1, -0.05) is 54.4 Å². The van der Waals surface area contributed by atoms with Gasteiger partial charge in [-0.3, -0.25) is 56.1 Å². The van der Waals surface area contributed by atoms with Crippen molar-refractivity contribution in [2.75, 3.05) is 26.7 Å². The van der Waals surface area contributed by atoms with Crippen molar-refractivity contribution in [2.24, 2.45) is 5.84 Å². The van der Waals surface area contributed by atoms with Gasteiger partial charge < -0.3 is 61.6 Å². The van der Waals surface area contributed by atoms with E-state index < -0.39 is 108 Å². The predicted octanol–water partition coefficient (Wildman–Crippen LogP) is 3.56. The van der Waals surface area contributed by atoms with E-state index in [4.69, 9.17) is 10.6 Å². The third-order valence-electron chi connectivity index (χ3n) is 17.2. The Labute approximate surface area is 564 Å². The number of nitrogens with two attached hydrogens (primary N) is 1. The average Bonchev–Trinajstić information content (AvgIpc) is 1.88. The Morgan fingerprint density at radius 1 is 0.695 bits per heavy atom. The molecule has 6 heterocycles. The van der Waals surface area contributed by atoms with Crippen molar-refractivity contribution in [1.82, 2.24) is 64.9 Å². The molecule has 0 radical (unpaired) electrons. The molecule has 28 heteroatoms. The molecule has 26 nitrogen and oxygen atoms in total. The number of halogens is 1. The Balaban J connectivity index is 1.05. The van der Waals surface area contributed by atoms with Gasteiger partial charge in [-0.15, -0.1) is 9.24 Å². The Hall–Kier alpha value is -9.21. The van der Waals surface area contributed by atoms with E-state index in [-0.39, 0.29) is 58.2 Å². The van der Waals surface area contributed by atoms with Gasteiger partial charge in [-0.25, -0.2) is 10.8 Å². The zero-order chi connectivity index (χ0) is 67.9. The summed E-state index contributed by atoms with van der Waals surface area (Å²) in [7, 11) is 4.14. The number of hydrogen-bond donors (Lipinski definition) is 11. The minimum Gasteiger partial charge on any atom is -0.497 e. The maximum absolute atomic E-state index is 15.4. The molecule has 95 heavy (non-hydrogen) atoms. The minimum atomic E-state index is -1.84. The first-order valence-corrected chi connectivity index (χ1v) is 33.1. The van der Waals surface area contributed by atoms with Crippen LogP contribution in [-0.2, 0) is 75.3 Å². The Bertz CT molecular complexity index is 3920. The normalized spacial score (nSPS) is 21.8. The molecular weight excluding hydrogens is 1350 g/mol. The summed E-state index contributed by atoms with van der Waals surface area (Å²) in [6.45, 7) is 3.94. The number of fused-ring (bicyclic) bond motifs is 32. The fraction of sp³-hybridized carbons (Fsp3) is 0.388. The number of aryl methyl sites for hydroxylation is 2. The SMILES string of the molecule is COc1ccc(C[C@@H]2NC(=O)[C@H](Cc3cnc[nH]3)NC(=O)[C@H](CC(=O)O)N(I)C(=O)[C@H](CCc3c[nH]c4cc(P)ccc34)NC(=O)[C@H](Cc3c[nH]c4ccc(C)cc34)NC(=O)[C@@H](C)NC(=O)CCCCCN(N)C(=O)c3ccc(cc3)CCNC(=O)C3CCCN3C2=O)cc1. The Morgan fingerprint density at radius 3 is 2.13 bits per heavy atom. The van der Waals surface area contributed by atoms with Crippen molar-refractivity contribution < 1.29 is 57.8 Å². The van der Waals surface area contributed by atoms with Crippen molar-refractivity contribution in [1.29, 1.82) is 0 Å². The van der Waals surface area contributed by atoms with Crippen molar-refractivity contribution in [3.63, 3.8) is 0 Å². The second kappa shape index (κ2) is 32.8. The molecule has 8 atom stereocenters. The molecule has 12 N–H and O–H groups in total. The fourth-order valence-corrected chi connectivity index (χ4v) is 12.9. The number of carbonyl (C=O) groups excluding carboxylic acids is 9. The lowest BCUT2D eigenvalue weighted by atomic mass is 10.0. The Morgan fingerprint density at radius 2 is 1.40 bits per heavy atom. The monoisotopic (exact) mass is 1430 g/mol. The summed E-state index contributed by atoms with van der Waals surface area (Å²) in [5, 5.41) is 31.0. The summed E-state index contributed by atoms with van der Waals surface area (Å²) in [5.41, 5.74) is 6.00. The number of imidazole rings is 1. The van der Waals surface area contributed by atoms with Gasteiger partial charge in [-0.2, -0.15) is 0 Å². The van der Waals surface area contributed by atoms with Crippen LogP contribution in [0.3, 0.4) is 0 Å². The molecule has 0 aliphatic carbocycles. The largest absolute Gasteiger partial charge is 0.497 e. The van der Waals surface area contributed by atoms with Gasteiger partial charge in [0.05, 0.1) is 42.7 Å². The number of amides is 9. The van der Waals surface area contributed by atoms with Gasteiger partial charge in [0.25, 0.3) is 11.8 Å². The van der Waals surface area contributed by atoms with E-state index in [0.717, 1.165) is 51.9 Å². The van der Waals surface area contributed by atoms with E-state index >= 15 is 24.0 Å². The molecule has 1 fully saturated rings. The number of H-pyrrole nitrogens is 3. The van der Waals surface area contributed by atoms with Crippen LogP contribution in [0.1, 0.15) is 102 Å². The summed E-state index contributed by atoms with van der Waals surface area (Å²) >= 11 is 1.55. The Kier molecular flexibility index (Phi) is 24.2. The lowest BCUT2D eigenvalue weighted by Crippen LogP contribution is -2.60. The zero-order valence-corrected chi connectivity index (χ0v) is 56.3. The number of benzene rings is 4. The molecule has 7 aromatic rings. The minimum absolute atomic E-state index is 0.0319. The second-order valence-corrected chi connectivity index (χ2v) is 25.8. The number of nitrogens with one attached hydrogen (secondary N) is 9. The van der Waals surface area contributed by atoms with Gasteiger partial charge in [0.2, 0.25) is 41.4 Å². The van der Waals surface area contributed by atoms with Crippen LogP contribution in [0.5, 0.6) is 5.75 Å². The summed E-state index contributed by atoms with van der Waals surface area (Å²) in [6.07, 6.45) is 7.50. The van der Waals surface area contributed by atoms with Crippen LogP contribution in [0.25, 0.3) is 21.8 Å². The fourth-order valence-electron chi connectivity index (χ4n) is 11.9. The topological polar surface area (TPSA) is 368 Å². The van der Waals surface area contributed by atoms with Crippen LogP contribution in [0.4, 0.5) is 0 Å². The van der Waals surface area contributed by atoms with Crippen molar-refractivity contribution in [2.45, 2.75) is 140 Å². The maximum Gasteiger partial charge on any atom is 0.306 e. The molecule has 0 spiro atoms. The van der Waals surface area contributed by atoms with Crippen molar-refractivity contribution in [3.05, 3.63) is 149 Å². The van der Waals surface area contributed by atoms with Gasteiger partial charge in [0.1, 0.15) is 48.0 Å². The predicted molar refractivity (Wildman–Crippen MR) is 366 cm³/mol. The standard InChI is InChI=1S/C67H80IN14O12P/c1-38-10-22-50-49(28-38)44(35-72-50)30-53-61(87)76-51(23-17-43-34-73-52-32-47(95)20-21-48(43)52)67(93)82(68)57(33-59(84)85)64(90)78-54(31-45-36-70-37-74-45)62(88)79-55(29-41-13-18-46(94-3)19-14-41)66(92)80-26-7-8-56(80)63(89)71-25-24-40-11-15-42(16-12-40)65(91)81(69)27-6-4-5-9-58(83)75-39(2)60(86)77-53/h10-16,18-22,28,32,34-37,39,51,53-57,72-73H,4-9,17,23-27,29-31,33,69,95H2,1-3H3,(H,70,74)(H,71,89)(H,75,83)(H,76,87)(H,77,86)(H,78,90)(H,79,88)(H,84,85)/t39-,51+,53+,54+,55+,56?,57+/m1/s1. The number of aliphatic carboxylic acids is 1. The van der Waals surface area contributed by atoms with Crippen LogP contribution < -0.4 is 47.8 Å². The van der Waals surface area contributed by atoms with E-state index in [1.54, 1.807) is 83.8 Å². The molecule has 9 amide bonds. The molecule has 3 aliphatic rings. The van der Waals surface area contributed by atoms with Gasteiger partial charge in [0.15, 0.2) is 0 Å². The van der Waals surface area contributed by atoms with E-state index in [9.17, 15) is 29.1 Å². The van der Waals surface area contributed by atoms with E-state index in [0.29, 0.717) is 66.7 Å². The molecule has 3 aliphatic heterocycles. The highest BCUT2D eigenvalue weighted by atomic mass is 127. The van der Waals surface area contributed by atoms with Crippen LogP contribution in [0.2, 0.25) is 0 Å². The first kappa shape index (κ1) is 70.1. The van der Waals surface area contributed by atoms with Crippen molar-refractivity contribution >= 4 is 118 Å². The van der Waals surface area contributed by atoms with Crippen LogP contribution in [0, 0.1) is 6.92 Å². The molecule has 0 saturated carbocycles. The number of ether oxygens (including phenoxy) is 1. The van der Waals surface area contributed by atoms with Gasteiger partial charge in [0, 0.05) is 97.0 Å². The zero-order valence-electron chi connectivity index (χ0n) is 53.0. The number of carboxylic acid groups (broad SMARTS) is 1. The van der Waals surface area contributed by atoms with E-state index in [1.807, 2.05) is 43.3 Å². The van der Waals surface area contributed by atoms with Gasteiger partial charge >= 0.3 is 5.97 Å². The number of hydrazine groups is 1. The summed E-state index contributed by atoms with van der Waals surface area (Å²) in [5.74, 6) is -1.000. The number of carboxylic acids is 1. The van der Waals surface area contributed by atoms with Crippen LogP contribution >= 0.6 is 32.1 Å². The highest BCUT2D eigenvalue weighted by Gasteiger charge is 2.41. The van der Waals surface area contributed by atoms with Crippen molar-refractivity contribution in [3.8, 4) is 5.75 Å². The molecule has 502 valence electrons. The third-order valence-corrected chi connectivity index (χ3v) is 18.7. The molecular formula is C67H80IN14O12P. The number of hydrogen-bond acceptors (Lipinski definition) is 13. The quantitative estimate of drug-likeness (QED) is 0.0208. The number of nitrogens with zero attached hydrogens (tertiary/aromatic N) is 4. The number of carbonyl (C=O) groups is 10. The smallest absolute Gasteiger partial charge is 0.306 e. The number of rotatable bonds is 12. The average molecular weight is 1430 g/mol. The van der Waals surface area contributed by atoms with Crippen LogP contribution in [-0.4, -0.2) is 166 Å². The third kappa shape index (κ3) is 18.6. The number of methoxy groups -OCH3 is 1. The number of aromatic amines is 3. The van der Waals surface area contributed by atoms with Crippen LogP contribution in [0.15, 0.2) is 110 Å². The first-order valence-electron chi connectivity index (χ1n) is 31.6. The van der Waals surface area contributed by atoms with E-state index in [1.165, 1.54) is 31.5 Å². The highest BCUT2D eigenvalue weighted by Crippen LogP contribution is 2.26.